The Balaban J connectivity index is 1.66. The van der Waals surface area contributed by atoms with Crippen LogP contribution in [0.2, 0.25) is 0 Å². The van der Waals surface area contributed by atoms with Gasteiger partial charge in [0.25, 0.3) is 0 Å². The summed E-state index contributed by atoms with van der Waals surface area (Å²) >= 11 is 1.21. The molecule has 0 bridgehead atoms. The number of carbonyl (C=O) groups excluding carboxylic acids is 1. The summed E-state index contributed by atoms with van der Waals surface area (Å²) in [7, 11) is 0. The quantitative estimate of drug-likeness (QED) is 0.378. The third-order valence-corrected chi connectivity index (χ3v) is 5.91. The number of thioether (sulfide) groups is 1. The highest BCUT2D eigenvalue weighted by Gasteiger charge is 2.22. The Morgan fingerprint density at radius 3 is 2.33 bits per heavy atom. The van der Waals surface area contributed by atoms with Crippen molar-refractivity contribution < 1.29 is 18.3 Å². The van der Waals surface area contributed by atoms with Crippen molar-refractivity contribution in [2.75, 3.05) is 11.1 Å². The van der Waals surface area contributed by atoms with Crippen molar-refractivity contribution in [2.45, 2.75) is 57.8 Å². The van der Waals surface area contributed by atoms with E-state index in [0.717, 1.165) is 17.9 Å². The van der Waals surface area contributed by atoms with E-state index >= 15 is 0 Å². The van der Waals surface area contributed by atoms with Crippen LogP contribution in [0.25, 0.3) is 0 Å². The lowest BCUT2D eigenvalue weighted by molar-refractivity contribution is -0.113. The van der Waals surface area contributed by atoms with Crippen molar-refractivity contribution in [1.29, 1.82) is 0 Å². The summed E-state index contributed by atoms with van der Waals surface area (Å²) in [5, 5.41) is 11.7. The molecule has 0 aliphatic carbocycles. The molecule has 0 aliphatic heterocycles. The first kappa shape index (κ1) is 24.7. The molecule has 1 aromatic heterocycles. The molecule has 6 nitrogen and oxygen atoms in total. The summed E-state index contributed by atoms with van der Waals surface area (Å²) in [5.74, 6) is -0.466. The number of ether oxygens (including phenoxy) is 1. The first-order valence-electron chi connectivity index (χ1n) is 10.7. The van der Waals surface area contributed by atoms with Crippen LogP contribution >= 0.6 is 11.8 Å². The van der Waals surface area contributed by atoms with Crippen molar-refractivity contribution in [2.24, 2.45) is 0 Å². The average molecular weight is 475 g/mol. The molecule has 1 unspecified atom stereocenters. The second-order valence-corrected chi connectivity index (χ2v) is 9.20. The van der Waals surface area contributed by atoms with Crippen molar-refractivity contribution >= 4 is 23.4 Å². The van der Waals surface area contributed by atoms with E-state index in [2.05, 4.69) is 29.4 Å². The molecule has 0 spiro atoms. The number of benzene rings is 2. The smallest absolute Gasteiger partial charge is 0.234 e. The Morgan fingerprint density at radius 1 is 1.03 bits per heavy atom. The second-order valence-electron chi connectivity index (χ2n) is 8.25. The molecular weight excluding hydrogens is 446 g/mol. The van der Waals surface area contributed by atoms with Crippen LogP contribution in [-0.2, 0) is 4.79 Å². The van der Waals surface area contributed by atoms with Crippen molar-refractivity contribution in [3.8, 4) is 5.75 Å². The first-order chi connectivity index (χ1) is 15.7. The third kappa shape index (κ3) is 6.31. The molecule has 3 rings (SSSR count). The van der Waals surface area contributed by atoms with E-state index in [4.69, 9.17) is 4.74 Å². The predicted octanol–water partition coefficient (Wildman–Crippen LogP) is 6.13. The fraction of sp³-hybridized carbons (Fsp3) is 0.375. The van der Waals surface area contributed by atoms with Gasteiger partial charge in [-0.05, 0) is 56.5 Å². The van der Waals surface area contributed by atoms with Crippen LogP contribution in [0.1, 0.15) is 64.1 Å². The summed E-state index contributed by atoms with van der Waals surface area (Å²) in [5.41, 5.74) is 1.43. The SMILES string of the molecule is CC(C)c1ccc(OC(C)c2nnc(SCC(=O)Nc3ccc(F)c(F)c3)n2C(C)C)cc1. The minimum atomic E-state index is -1.02. The van der Waals surface area contributed by atoms with Crippen molar-refractivity contribution in [3.63, 3.8) is 0 Å². The molecule has 0 saturated heterocycles. The number of anilines is 1. The van der Waals surface area contributed by atoms with Crippen LogP contribution in [0.5, 0.6) is 5.75 Å². The van der Waals surface area contributed by atoms with Gasteiger partial charge in [0.2, 0.25) is 5.91 Å². The summed E-state index contributed by atoms with van der Waals surface area (Å²) < 4.78 is 34.4. The zero-order chi connectivity index (χ0) is 24.1. The molecular formula is C24H28F2N4O2S. The fourth-order valence-electron chi connectivity index (χ4n) is 3.24. The zero-order valence-electron chi connectivity index (χ0n) is 19.3. The van der Waals surface area contributed by atoms with Gasteiger partial charge in [-0.3, -0.25) is 4.79 Å². The van der Waals surface area contributed by atoms with Crippen LogP contribution in [0.3, 0.4) is 0 Å². The van der Waals surface area contributed by atoms with E-state index in [9.17, 15) is 13.6 Å². The molecule has 0 fully saturated rings. The maximum atomic E-state index is 13.3. The van der Waals surface area contributed by atoms with Gasteiger partial charge in [-0.1, -0.05) is 37.7 Å². The van der Waals surface area contributed by atoms with Gasteiger partial charge in [-0.2, -0.15) is 0 Å². The van der Waals surface area contributed by atoms with Crippen LogP contribution in [0, 0.1) is 11.6 Å². The lowest BCUT2D eigenvalue weighted by Crippen LogP contribution is -2.16. The topological polar surface area (TPSA) is 69.0 Å². The zero-order valence-corrected chi connectivity index (χ0v) is 20.1. The molecule has 1 N–H and O–H groups in total. The van der Waals surface area contributed by atoms with Gasteiger partial charge in [-0.25, -0.2) is 8.78 Å². The largest absolute Gasteiger partial charge is 0.483 e. The van der Waals surface area contributed by atoms with Crippen LogP contribution in [-0.4, -0.2) is 26.4 Å². The number of carbonyl (C=O) groups is 1. The van der Waals surface area contributed by atoms with Gasteiger partial charge in [0.05, 0.1) is 5.75 Å². The highest BCUT2D eigenvalue weighted by atomic mass is 32.2. The van der Waals surface area contributed by atoms with Gasteiger partial charge < -0.3 is 14.6 Å². The number of amides is 1. The molecule has 1 amide bonds. The lowest BCUT2D eigenvalue weighted by Gasteiger charge is -2.19. The average Bonchev–Trinajstić information content (AvgIpc) is 3.20. The Bertz CT molecular complexity index is 1100. The van der Waals surface area contributed by atoms with Gasteiger partial charge in [-0.15, -0.1) is 10.2 Å². The van der Waals surface area contributed by atoms with E-state index in [-0.39, 0.29) is 29.5 Å². The van der Waals surface area contributed by atoms with Crippen molar-refractivity contribution in [3.05, 3.63) is 65.5 Å². The van der Waals surface area contributed by atoms with Crippen LogP contribution in [0.4, 0.5) is 14.5 Å². The van der Waals surface area contributed by atoms with Crippen molar-refractivity contribution in [1.82, 2.24) is 14.8 Å². The minimum Gasteiger partial charge on any atom is -0.483 e. The highest BCUT2D eigenvalue weighted by molar-refractivity contribution is 7.99. The summed E-state index contributed by atoms with van der Waals surface area (Å²) in [4.78, 5) is 12.3. The number of rotatable bonds is 9. The number of hydrogen-bond donors (Lipinski definition) is 1. The highest BCUT2D eigenvalue weighted by Crippen LogP contribution is 2.28. The minimum absolute atomic E-state index is 0.0375. The molecule has 0 aliphatic rings. The summed E-state index contributed by atoms with van der Waals surface area (Å²) in [6, 6.07) is 11.3. The molecule has 2 aromatic carbocycles. The Morgan fingerprint density at radius 2 is 1.73 bits per heavy atom. The number of nitrogens with one attached hydrogen (secondary N) is 1. The molecule has 9 heteroatoms. The van der Waals surface area contributed by atoms with E-state index in [0.29, 0.717) is 16.9 Å². The summed E-state index contributed by atoms with van der Waals surface area (Å²) in [6.07, 6.45) is -0.352. The second kappa shape index (κ2) is 10.8. The Hall–Kier alpha value is -2.94. The van der Waals surface area contributed by atoms with E-state index in [1.165, 1.54) is 23.4 Å². The maximum absolute atomic E-state index is 13.3. The fourth-order valence-corrected chi connectivity index (χ4v) is 4.11. The number of halogens is 2. The molecule has 1 atom stereocenters. The third-order valence-electron chi connectivity index (χ3n) is 4.97. The van der Waals surface area contributed by atoms with E-state index < -0.39 is 11.6 Å². The predicted molar refractivity (Wildman–Crippen MR) is 126 cm³/mol. The van der Waals surface area contributed by atoms with E-state index in [1.54, 1.807) is 0 Å². The number of aromatic nitrogens is 3. The Kier molecular flexibility index (Phi) is 8.07. The standard InChI is InChI=1S/C24H28F2N4O2S/c1-14(2)17-6-9-19(10-7-17)32-16(5)23-28-29-24(30(23)15(3)4)33-13-22(31)27-18-8-11-20(25)21(26)12-18/h6-12,14-16H,13H2,1-5H3,(H,27,31). The molecule has 0 saturated carbocycles. The molecule has 33 heavy (non-hydrogen) atoms. The lowest BCUT2D eigenvalue weighted by atomic mass is 10.0. The Labute approximate surface area is 196 Å². The molecule has 0 radical (unpaired) electrons. The maximum Gasteiger partial charge on any atom is 0.234 e. The van der Waals surface area contributed by atoms with Crippen LogP contribution in [0.15, 0.2) is 47.6 Å². The molecule has 176 valence electrons. The first-order valence-corrected chi connectivity index (χ1v) is 11.7. The number of nitrogens with zero attached hydrogens (tertiary/aromatic N) is 3. The van der Waals surface area contributed by atoms with Gasteiger partial charge in [0.1, 0.15) is 5.75 Å². The summed E-state index contributed by atoms with van der Waals surface area (Å²) in [6.45, 7) is 10.2. The van der Waals surface area contributed by atoms with Gasteiger partial charge in [0, 0.05) is 17.8 Å². The number of hydrogen-bond acceptors (Lipinski definition) is 5. The normalized spacial score (nSPS) is 12.3. The molecule has 1 heterocycles. The van der Waals surface area contributed by atoms with Crippen LogP contribution < -0.4 is 10.1 Å². The van der Waals surface area contributed by atoms with Gasteiger partial charge in [0.15, 0.2) is 28.7 Å². The molecule has 3 aromatic rings. The van der Waals surface area contributed by atoms with E-state index in [1.807, 2.05) is 49.6 Å². The monoisotopic (exact) mass is 474 g/mol. The van der Waals surface area contributed by atoms with Gasteiger partial charge >= 0.3 is 0 Å².